The van der Waals surface area contributed by atoms with Gasteiger partial charge < -0.3 is 15.7 Å². The minimum Gasteiger partial charge on any atom is -0.481 e. The number of carboxylic acid groups (broad SMARTS) is 1. The van der Waals surface area contributed by atoms with Gasteiger partial charge in [0.15, 0.2) is 0 Å². The number of rotatable bonds is 8. The molecule has 20 heavy (non-hydrogen) atoms. The predicted molar refractivity (Wildman–Crippen MR) is 77.3 cm³/mol. The van der Waals surface area contributed by atoms with Crippen LogP contribution in [0.25, 0.3) is 0 Å². The number of benzene rings is 1. The number of carbonyl (C=O) groups excluding carboxylic acids is 1. The molecular formula is C15H22N2O3. The van der Waals surface area contributed by atoms with Crippen LogP contribution >= 0.6 is 0 Å². The van der Waals surface area contributed by atoms with E-state index in [1.165, 1.54) is 0 Å². The van der Waals surface area contributed by atoms with Crippen molar-refractivity contribution in [2.75, 3.05) is 6.54 Å². The first kappa shape index (κ1) is 16.0. The van der Waals surface area contributed by atoms with Crippen molar-refractivity contribution in [2.45, 2.75) is 32.7 Å². The van der Waals surface area contributed by atoms with E-state index >= 15 is 0 Å². The molecule has 110 valence electrons. The molecule has 1 aromatic carbocycles. The first-order chi connectivity index (χ1) is 9.58. The summed E-state index contributed by atoms with van der Waals surface area (Å²) in [6, 6.07) is 9.50. The largest absolute Gasteiger partial charge is 0.481 e. The van der Waals surface area contributed by atoms with Crippen molar-refractivity contribution in [3.05, 3.63) is 35.9 Å². The van der Waals surface area contributed by atoms with E-state index in [1.54, 1.807) is 0 Å². The molecule has 0 bridgehead atoms. The normalized spacial score (nSPS) is 11.7. The molecule has 5 nitrogen and oxygen atoms in total. The van der Waals surface area contributed by atoms with E-state index in [4.69, 9.17) is 5.11 Å². The third-order valence-corrected chi connectivity index (χ3v) is 3.07. The third-order valence-electron chi connectivity index (χ3n) is 3.07. The minimum atomic E-state index is -0.773. The van der Waals surface area contributed by atoms with E-state index in [-0.39, 0.29) is 12.5 Å². The van der Waals surface area contributed by atoms with E-state index < -0.39 is 5.97 Å². The van der Waals surface area contributed by atoms with E-state index in [9.17, 15) is 9.59 Å². The highest BCUT2D eigenvalue weighted by atomic mass is 16.4. The maximum atomic E-state index is 11.5. The molecule has 0 aliphatic heterocycles. The zero-order chi connectivity index (χ0) is 14.8. The van der Waals surface area contributed by atoms with Gasteiger partial charge in [-0.25, -0.2) is 4.79 Å². The summed E-state index contributed by atoms with van der Waals surface area (Å²) in [6.45, 7) is 3.05. The Morgan fingerprint density at radius 3 is 2.50 bits per heavy atom. The second-order valence-corrected chi connectivity index (χ2v) is 4.92. The van der Waals surface area contributed by atoms with Crippen LogP contribution in [0.5, 0.6) is 0 Å². The number of hydrogen-bond donors (Lipinski definition) is 3. The molecule has 0 spiro atoms. The number of amides is 2. The smallest absolute Gasteiger partial charge is 0.315 e. The summed E-state index contributed by atoms with van der Waals surface area (Å²) in [4.78, 5) is 22.0. The van der Waals surface area contributed by atoms with E-state index in [0.717, 1.165) is 12.0 Å². The fourth-order valence-corrected chi connectivity index (χ4v) is 1.79. The fraction of sp³-hybridized carbons (Fsp3) is 0.467. The van der Waals surface area contributed by atoms with Crippen molar-refractivity contribution in [2.24, 2.45) is 5.92 Å². The van der Waals surface area contributed by atoms with Gasteiger partial charge in [-0.1, -0.05) is 37.3 Å². The second kappa shape index (κ2) is 8.96. The van der Waals surface area contributed by atoms with Crippen LogP contribution in [-0.2, 0) is 11.3 Å². The molecular weight excluding hydrogens is 256 g/mol. The van der Waals surface area contributed by atoms with Gasteiger partial charge in [-0.2, -0.15) is 0 Å². The summed E-state index contributed by atoms with van der Waals surface area (Å²) in [5.41, 5.74) is 1.05. The molecule has 0 aliphatic rings. The highest BCUT2D eigenvalue weighted by Crippen LogP contribution is 2.08. The van der Waals surface area contributed by atoms with Gasteiger partial charge in [-0.3, -0.25) is 4.79 Å². The average Bonchev–Trinajstić information content (AvgIpc) is 2.44. The zero-order valence-electron chi connectivity index (χ0n) is 11.8. The number of carboxylic acids is 1. The minimum absolute atomic E-state index is 0.182. The third kappa shape index (κ3) is 7.41. The number of urea groups is 1. The van der Waals surface area contributed by atoms with Crippen LogP contribution in [0.3, 0.4) is 0 Å². The highest BCUT2D eigenvalue weighted by Gasteiger charge is 2.06. The highest BCUT2D eigenvalue weighted by molar-refractivity contribution is 5.73. The van der Waals surface area contributed by atoms with Gasteiger partial charge in [-0.05, 0) is 24.3 Å². The second-order valence-electron chi connectivity index (χ2n) is 4.92. The Balaban J connectivity index is 2.09. The summed E-state index contributed by atoms with van der Waals surface area (Å²) in [7, 11) is 0. The standard InChI is InChI=1S/C15H22N2O3/c1-12(7-8-14(18)19)9-10-16-15(20)17-11-13-5-3-2-4-6-13/h2-6,12H,7-11H2,1H3,(H,18,19)(H2,16,17,20). The Kier molecular flexibility index (Phi) is 7.17. The summed E-state index contributed by atoms with van der Waals surface area (Å²) >= 11 is 0. The van der Waals surface area contributed by atoms with Crippen LogP contribution in [0, 0.1) is 5.92 Å². The Hall–Kier alpha value is -2.04. The molecule has 1 atom stereocenters. The maximum Gasteiger partial charge on any atom is 0.315 e. The molecule has 0 saturated heterocycles. The molecule has 2 amide bonds. The van der Waals surface area contributed by atoms with Gasteiger partial charge in [-0.15, -0.1) is 0 Å². The molecule has 1 rings (SSSR count). The summed E-state index contributed by atoms with van der Waals surface area (Å²) in [5.74, 6) is -0.481. The number of aliphatic carboxylic acids is 1. The van der Waals surface area contributed by atoms with Crippen LogP contribution in [-0.4, -0.2) is 23.7 Å². The zero-order valence-corrected chi connectivity index (χ0v) is 11.8. The summed E-state index contributed by atoms with van der Waals surface area (Å²) in [6.07, 6.45) is 1.61. The molecule has 1 unspecified atom stereocenters. The van der Waals surface area contributed by atoms with Gasteiger partial charge in [0, 0.05) is 19.5 Å². The van der Waals surface area contributed by atoms with Crippen LogP contribution in [0.15, 0.2) is 30.3 Å². The Labute approximate surface area is 119 Å². The van der Waals surface area contributed by atoms with Crippen LogP contribution in [0.1, 0.15) is 31.7 Å². The van der Waals surface area contributed by atoms with Crippen molar-refractivity contribution in [3.8, 4) is 0 Å². The van der Waals surface area contributed by atoms with Crippen LogP contribution < -0.4 is 10.6 Å². The van der Waals surface area contributed by atoms with E-state index in [1.807, 2.05) is 37.3 Å². The Morgan fingerprint density at radius 2 is 1.85 bits per heavy atom. The number of nitrogens with one attached hydrogen (secondary N) is 2. The average molecular weight is 278 g/mol. The van der Waals surface area contributed by atoms with Crippen molar-refractivity contribution >= 4 is 12.0 Å². The predicted octanol–water partition coefficient (Wildman–Crippen LogP) is 2.38. The Bertz CT molecular complexity index is 420. The lowest BCUT2D eigenvalue weighted by Gasteiger charge is -2.11. The molecule has 0 aliphatic carbocycles. The SMILES string of the molecule is CC(CCNC(=O)NCc1ccccc1)CCC(=O)O. The van der Waals surface area contributed by atoms with Gasteiger partial charge in [0.25, 0.3) is 0 Å². The summed E-state index contributed by atoms with van der Waals surface area (Å²) < 4.78 is 0. The van der Waals surface area contributed by atoms with Gasteiger partial charge in [0.2, 0.25) is 0 Å². The topological polar surface area (TPSA) is 78.4 Å². The van der Waals surface area contributed by atoms with Gasteiger partial charge in [0.05, 0.1) is 0 Å². The molecule has 0 saturated carbocycles. The monoisotopic (exact) mass is 278 g/mol. The van der Waals surface area contributed by atoms with Crippen molar-refractivity contribution in [1.29, 1.82) is 0 Å². The quantitative estimate of drug-likeness (QED) is 0.683. The number of hydrogen-bond acceptors (Lipinski definition) is 2. The lowest BCUT2D eigenvalue weighted by Crippen LogP contribution is -2.36. The lowest BCUT2D eigenvalue weighted by molar-refractivity contribution is -0.137. The molecule has 5 heteroatoms. The molecule has 3 N–H and O–H groups in total. The van der Waals surface area contributed by atoms with Gasteiger partial charge in [0.1, 0.15) is 0 Å². The fourth-order valence-electron chi connectivity index (χ4n) is 1.79. The number of carbonyl (C=O) groups is 2. The first-order valence-electron chi connectivity index (χ1n) is 6.85. The Morgan fingerprint density at radius 1 is 1.15 bits per heavy atom. The van der Waals surface area contributed by atoms with Crippen LogP contribution in [0.4, 0.5) is 4.79 Å². The van der Waals surface area contributed by atoms with Crippen molar-refractivity contribution < 1.29 is 14.7 Å². The van der Waals surface area contributed by atoms with Crippen molar-refractivity contribution in [1.82, 2.24) is 10.6 Å². The molecule has 0 aromatic heterocycles. The lowest BCUT2D eigenvalue weighted by atomic mass is 10.0. The summed E-state index contributed by atoms with van der Waals surface area (Å²) in [5, 5.41) is 14.1. The molecule has 0 fully saturated rings. The van der Waals surface area contributed by atoms with Crippen LogP contribution in [0.2, 0.25) is 0 Å². The van der Waals surface area contributed by atoms with Crippen molar-refractivity contribution in [3.63, 3.8) is 0 Å². The molecule has 1 aromatic rings. The maximum absolute atomic E-state index is 11.5. The van der Waals surface area contributed by atoms with Gasteiger partial charge >= 0.3 is 12.0 Å². The first-order valence-corrected chi connectivity index (χ1v) is 6.85. The van der Waals surface area contributed by atoms with E-state index in [2.05, 4.69) is 10.6 Å². The van der Waals surface area contributed by atoms with E-state index in [0.29, 0.717) is 25.4 Å². The molecule has 0 radical (unpaired) electrons. The molecule has 0 heterocycles.